The van der Waals surface area contributed by atoms with Gasteiger partial charge < -0.3 is 5.73 Å². The average Bonchev–Trinajstić information content (AvgIpc) is 2.84. The molecule has 0 saturated carbocycles. The number of sulfonamides is 1. The number of hydrogen-bond acceptors (Lipinski definition) is 4. The predicted molar refractivity (Wildman–Crippen MR) is 68.4 cm³/mol. The first-order chi connectivity index (χ1) is 8.95. The van der Waals surface area contributed by atoms with Gasteiger partial charge in [0.1, 0.15) is 5.82 Å². The summed E-state index contributed by atoms with van der Waals surface area (Å²) >= 11 is 0. The molecule has 0 unspecified atom stereocenters. The first kappa shape index (κ1) is 13.5. The fourth-order valence-electron chi connectivity index (χ4n) is 1.59. The van der Waals surface area contributed by atoms with Crippen LogP contribution in [0.4, 0.5) is 10.1 Å². The number of hydrogen-bond donors (Lipinski definition) is 3. The van der Waals surface area contributed by atoms with Crippen molar-refractivity contribution in [3.8, 4) is 0 Å². The molecule has 2 aromatic rings. The third-order valence-corrected chi connectivity index (χ3v) is 4.06. The highest BCUT2D eigenvalue weighted by Crippen LogP contribution is 2.22. The topological polar surface area (TPSA) is 101 Å². The Hall–Kier alpha value is -1.93. The SMILES string of the molecule is Cc1c(F)cccc1NS(=O)(=O)c1[nH]ncc1CN. The largest absolute Gasteiger partial charge is 0.326 e. The lowest BCUT2D eigenvalue weighted by Gasteiger charge is -2.10. The second-order valence-electron chi connectivity index (χ2n) is 3.95. The Labute approximate surface area is 109 Å². The second-order valence-corrected chi connectivity index (χ2v) is 5.57. The number of aromatic amines is 1. The van der Waals surface area contributed by atoms with Crippen molar-refractivity contribution in [2.45, 2.75) is 18.5 Å². The Kier molecular flexibility index (Phi) is 3.54. The molecule has 0 aliphatic carbocycles. The molecule has 2 rings (SSSR count). The van der Waals surface area contributed by atoms with Crippen molar-refractivity contribution in [2.75, 3.05) is 4.72 Å². The average molecular weight is 284 g/mol. The van der Waals surface area contributed by atoms with E-state index in [0.29, 0.717) is 5.56 Å². The van der Waals surface area contributed by atoms with Gasteiger partial charge in [-0.3, -0.25) is 9.82 Å². The molecule has 0 atom stereocenters. The Balaban J connectivity index is 2.40. The van der Waals surface area contributed by atoms with Crippen LogP contribution in [0.15, 0.2) is 29.4 Å². The van der Waals surface area contributed by atoms with Gasteiger partial charge in [0.05, 0.1) is 11.9 Å². The van der Waals surface area contributed by atoms with Crippen molar-refractivity contribution >= 4 is 15.7 Å². The van der Waals surface area contributed by atoms with E-state index < -0.39 is 15.8 Å². The quantitative estimate of drug-likeness (QED) is 0.783. The van der Waals surface area contributed by atoms with Gasteiger partial charge in [0.25, 0.3) is 10.0 Å². The van der Waals surface area contributed by atoms with Crippen LogP contribution in [0.5, 0.6) is 0 Å². The second kappa shape index (κ2) is 4.98. The van der Waals surface area contributed by atoms with Gasteiger partial charge in [0.2, 0.25) is 0 Å². The summed E-state index contributed by atoms with van der Waals surface area (Å²) in [7, 11) is -3.87. The lowest BCUT2D eigenvalue weighted by atomic mass is 10.2. The molecule has 6 nitrogen and oxygen atoms in total. The van der Waals surface area contributed by atoms with Gasteiger partial charge in [0.15, 0.2) is 5.03 Å². The summed E-state index contributed by atoms with van der Waals surface area (Å²) in [5, 5.41) is 5.91. The summed E-state index contributed by atoms with van der Waals surface area (Å²) in [6, 6.07) is 4.17. The molecule has 0 amide bonds. The molecule has 1 aromatic heterocycles. The van der Waals surface area contributed by atoms with Crippen LogP contribution >= 0.6 is 0 Å². The molecule has 19 heavy (non-hydrogen) atoms. The van der Waals surface area contributed by atoms with Crippen LogP contribution in [0.2, 0.25) is 0 Å². The van der Waals surface area contributed by atoms with Crippen molar-refractivity contribution in [1.82, 2.24) is 10.2 Å². The Bertz CT molecular complexity index is 696. The summed E-state index contributed by atoms with van der Waals surface area (Å²) in [5.41, 5.74) is 6.19. The highest BCUT2D eigenvalue weighted by Gasteiger charge is 2.21. The van der Waals surface area contributed by atoms with Gasteiger partial charge in [-0.15, -0.1) is 0 Å². The number of rotatable bonds is 4. The van der Waals surface area contributed by atoms with Crippen LogP contribution in [0.1, 0.15) is 11.1 Å². The first-order valence-corrected chi connectivity index (χ1v) is 6.94. The molecular formula is C11H13FN4O2S. The lowest BCUT2D eigenvalue weighted by molar-refractivity contribution is 0.595. The highest BCUT2D eigenvalue weighted by atomic mass is 32.2. The summed E-state index contributed by atoms with van der Waals surface area (Å²) in [4.78, 5) is 0. The van der Waals surface area contributed by atoms with Crippen molar-refractivity contribution < 1.29 is 12.8 Å². The molecule has 0 saturated heterocycles. The maximum absolute atomic E-state index is 13.4. The van der Waals surface area contributed by atoms with E-state index in [0.717, 1.165) is 0 Å². The van der Waals surface area contributed by atoms with E-state index in [1.54, 1.807) is 0 Å². The van der Waals surface area contributed by atoms with Gasteiger partial charge in [-0.05, 0) is 19.1 Å². The van der Waals surface area contributed by atoms with E-state index in [1.807, 2.05) is 0 Å². The van der Waals surface area contributed by atoms with Crippen LogP contribution in [-0.2, 0) is 16.6 Å². The van der Waals surface area contributed by atoms with E-state index in [1.165, 1.54) is 31.3 Å². The van der Waals surface area contributed by atoms with Crippen LogP contribution in [0.25, 0.3) is 0 Å². The molecular weight excluding hydrogens is 271 g/mol. The van der Waals surface area contributed by atoms with Crippen molar-refractivity contribution in [3.05, 3.63) is 41.3 Å². The van der Waals surface area contributed by atoms with Crippen molar-refractivity contribution in [3.63, 3.8) is 0 Å². The summed E-state index contributed by atoms with van der Waals surface area (Å²) in [6.07, 6.45) is 1.34. The fraction of sp³-hybridized carbons (Fsp3) is 0.182. The first-order valence-electron chi connectivity index (χ1n) is 5.46. The van der Waals surface area contributed by atoms with E-state index >= 15 is 0 Å². The third-order valence-electron chi connectivity index (χ3n) is 2.68. The number of benzene rings is 1. The molecule has 0 radical (unpaired) electrons. The molecule has 102 valence electrons. The lowest BCUT2D eigenvalue weighted by Crippen LogP contribution is -2.17. The molecule has 0 aliphatic heterocycles. The zero-order valence-electron chi connectivity index (χ0n) is 10.1. The number of H-pyrrole nitrogens is 1. The van der Waals surface area contributed by atoms with Crippen LogP contribution in [-0.4, -0.2) is 18.6 Å². The minimum Gasteiger partial charge on any atom is -0.326 e. The number of anilines is 1. The standard InChI is InChI=1S/C11H13FN4O2S/c1-7-9(12)3-2-4-10(7)16-19(17,18)11-8(5-13)6-14-15-11/h2-4,6,16H,5,13H2,1H3,(H,14,15). The number of nitrogens with one attached hydrogen (secondary N) is 2. The molecule has 0 bridgehead atoms. The molecule has 0 aliphatic rings. The molecule has 1 heterocycles. The monoisotopic (exact) mass is 284 g/mol. The minimum atomic E-state index is -3.87. The van der Waals surface area contributed by atoms with Crippen LogP contribution in [0, 0.1) is 12.7 Å². The van der Waals surface area contributed by atoms with Crippen LogP contribution in [0.3, 0.4) is 0 Å². The third kappa shape index (κ3) is 2.59. The summed E-state index contributed by atoms with van der Waals surface area (Å²) in [5.74, 6) is -0.483. The van der Waals surface area contributed by atoms with Gasteiger partial charge in [-0.25, -0.2) is 4.39 Å². The fourth-order valence-corrected chi connectivity index (χ4v) is 2.86. The van der Waals surface area contributed by atoms with E-state index in [4.69, 9.17) is 5.73 Å². The van der Waals surface area contributed by atoms with Crippen LogP contribution < -0.4 is 10.5 Å². The van der Waals surface area contributed by atoms with E-state index in [-0.39, 0.29) is 22.8 Å². The molecule has 4 N–H and O–H groups in total. The zero-order valence-corrected chi connectivity index (χ0v) is 11.0. The molecule has 0 fully saturated rings. The Morgan fingerprint density at radius 3 is 2.89 bits per heavy atom. The van der Waals surface area contributed by atoms with Gasteiger partial charge in [-0.2, -0.15) is 13.5 Å². The Morgan fingerprint density at radius 2 is 2.21 bits per heavy atom. The maximum Gasteiger partial charge on any atom is 0.279 e. The predicted octanol–water partition coefficient (Wildman–Crippen LogP) is 1.12. The maximum atomic E-state index is 13.4. The minimum absolute atomic E-state index is 0.0366. The number of aromatic nitrogens is 2. The molecule has 8 heteroatoms. The normalized spacial score (nSPS) is 11.5. The van der Waals surface area contributed by atoms with Crippen molar-refractivity contribution in [2.24, 2.45) is 5.73 Å². The van der Waals surface area contributed by atoms with E-state index in [2.05, 4.69) is 14.9 Å². The number of nitrogens with zero attached hydrogens (tertiary/aromatic N) is 1. The van der Waals surface area contributed by atoms with Gasteiger partial charge in [0, 0.05) is 17.7 Å². The zero-order chi connectivity index (χ0) is 14.0. The molecule has 0 spiro atoms. The highest BCUT2D eigenvalue weighted by molar-refractivity contribution is 7.92. The Morgan fingerprint density at radius 1 is 1.47 bits per heavy atom. The van der Waals surface area contributed by atoms with Crippen molar-refractivity contribution in [1.29, 1.82) is 0 Å². The smallest absolute Gasteiger partial charge is 0.279 e. The van der Waals surface area contributed by atoms with E-state index in [9.17, 15) is 12.8 Å². The summed E-state index contributed by atoms with van der Waals surface area (Å²) in [6.45, 7) is 1.53. The van der Waals surface area contributed by atoms with Gasteiger partial charge >= 0.3 is 0 Å². The molecule has 1 aromatic carbocycles. The number of halogens is 1. The van der Waals surface area contributed by atoms with Gasteiger partial charge in [-0.1, -0.05) is 6.07 Å². The number of nitrogens with two attached hydrogens (primary N) is 1. The summed E-state index contributed by atoms with van der Waals surface area (Å²) < 4.78 is 40.0.